The van der Waals surface area contributed by atoms with Gasteiger partial charge in [0.2, 0.25) is 0 Å². The highest BCUT2D eigenvalue weighted by Gasteiger charge is 2.24. The van der Waals surface area contributed by atoms with E-state index in [0.29, 0.717) is 15.9 Å². The lowest BCUT2D eigenvalue weighted by atomic mass is 10.0. The molecule has 108 valence electrons. The van der Waals surface area contributed by atoms with E-state index in [2.05, 4.69) is 36.4 Å². The fourth-order valence-electron chi connectivity index (χ4n) is 1.88. The van der Waals surface area contributed by atoms with Crippen molar-refractivity contribution in [2.75, 3.05) is 0 Å². The van der Waals surface area contributed by atoms with Crippen molar-refractivity contribution in [2.45, 2.75) is 12.7 Å². The summed E-state index contributed by atoms with van der Waals surface area (Å²) in [4.78, 5) is 0. The standard InChI is InChI=1S/C11H12BrF2N5O/c1-19-9(10(12)17-18-19)8(16-15)6-4-2-3-5-7(6)20-11(13)14/h2-5,8,11,16H,15H2,1H3. The summed E-state index contributed by atoms with van der Waals surface area (Å²) < 4.78 is 31.4. The van der Waals surface area contributed by atoms with Gasteiger partial charge in [0, 0.05) is 12.6 Å². The molecule has 0 aliphatic rings. The minimum Gasteiger partial charge on any atom is -0.434 e. The first kappa shape index (κ1) is 14.8. The fourth-order valence-corrected chi connectivity index (χ4v) is 2.44. The summed E-state index contributed by atoms with van der Waals surface area (Å²) in [6.07, 6.45) is 0. The zero-order valence-corrected chi connectivity index (χ0v) is 12.0. The monoisotopic (exact) mass is 347 g/mol. The number of hydrazine groups is 1. The molecule has 1 unspecified atom stereocenters. The van der Waals surface area contributed by atoms with Gasteiger partial charge in [-0.3, -0.25) is 5.84 Å². The van der Waals surface area contributed by atoms with Gasteiger partial charge < -0.3 is 4.74 Å². The van der Waals surface area contributed by atoms with Crippen molar-refractivity contribution in [1.29, 1.82) is 0 Å². The number of hydrogen-bond acceptors (Lipinski definition) is 5. The Bertz CT molecular complexity index is 572. The van der Waals surface area contributed by atoms with E-state index in [4.69, 9.17) is 5.84 Å². The number of nitrogens with one attached hydrogen (secondary N) is 1. The molecule has 6 nitrogen and oxygen atoms in total. The first-order chi connectivity index (χ1) is 9.54. The molecule has 1 heterocycles. The molecule has 0 radical (unpaired) electrons. The van der Waals surface area contributed by atoms with E-state index in [9.17, 15) is 8.78 Å². The van der Waals surface area contributed by atoms with E-state index in [-0.39, 0.29) is 5.75 Å². The molecule has 0 aliphatic heterocycles. The second-order valence-corrected chi connectivity index (χ2v) is 4.66. The van der Waals surface area contributed by atoms with Gasteiger partial charge in [-0.05, 0) is 22.0 Å². The van der Waals surface area contributed by atoms with E-state index in [1.165, 1.54) is 10.7 Å². The molecule has 9 heteroatoms. The number of hydrogen-bond donors (Lipinski definition) is 2. The summed E-state index contributed by atoms with van der Waals surface area (Å²) in [6.45, 7) is -2.91. The zero-order chi connectivity index (χ0) is 14.7. The van der Waals surface area contributed by atoms with Crippen LogP contribution in [0.4, 0.5) is 8.78 Å². The number of nitrogens with zero attached hydrogens (tertiary/aromatic N) is 3. The van der Waals surface area contributed by atoms with Crippen LogP contribution in [-0.4, -0.2) is 21.6 Å². The maximum Gasteiger partial charge on any atom is 0.387 e. The SMILES string of the molecule is Cn1nnc(Br)c1C(NN)c1ccccc1OC(F)F. The van der Waals surface area contributed by atoms with E-state index >= 15 is 0 Å². The zero-order valence-electron chi connectivity index (χ0n) is 10.4. The molecule has 2 aromatic rings. The summed E-state index contributed by atoms with van der Waals surface area (Å²) >= 11 is 3.25. The van der Waals surface area contributed by atoms with Gasteiger partial charge in [0.1, 0.15) is 5.75 Å². The number of aryl methyl sites for hydroxylation is 1. The van der Waals surface area contributed by atoms with Crippen LogP contribution in [0.1, 0.15) is 17.3 Å². The number of benzene rings is 1. The predicted octanol–water partition coefficient (Wildman–Crippen LogP) is 1.73. The van der Waals surface area contributed by atoms with Crippen LogP contribution in [0.3, 0.4) is 0 Å². The number of aromatic nitrogens is 3. The first-order valence-corrected chi connectivity index (χ1v) is 6.38. The lowest BCUT2D eigenvalue weighted by Crippen LogP contribution is -2.31. The molecule has 1 aromatic carbocycles. The molecule has 0 spiro atoms. The Kier molecular flexibility index (Phi) is 4.63. The van der Waals surface area contributed by atoms with Crippen LogP contribution in [-0.2, 0) is 7.05 Å². The Balaban J connectivity index is 2.47. The van der Waals surface area contributed by atoms with Gasteiger partial charge in [-0.25, -0.2) is 10.1 Å². The second-order valence-electron chi connectivity index (χ2n) is 3.91. The van der Waals surface area contributed by atoms with Crippen molar-refractivity contribution in [3.8, 4) is 5.75 Å². The molecule has 0 saturated heterocycles. The minimum absolute atomic E-state index is 0.0403. The van der Waals surface area contributed by atoms with Crippen molar-refractivity contribution < 1.29 is 13.5 Å². The maximum atomic E-state index is 12.5. The van der Waals surface area contributed by atoms with Crippen molar-refractivity contribution in [3.63, 3.8) is 0 Å². The van der Waals surface area contributed by atoms with Gasteiger partial charge in [0.15, 0.2) is 4.60 Å². The quantitative estimate of drug-likeness (QED) is 0.636. The Morgan fingerprint density at radius 2 is 2.10 bits per heavy atom. The van der Waals surface area contributed by atoms with Crippen LogP contribution in [0.2, 0.25) is 0 Å². The molecule has 20 heavy (non-hydrogen) atoms. The number of ether oxygens (including phenoxy) is 1. The minimum atomic E-state index is -2.91. The third-order valence-electron chi connectivity index (χ3n) is 2.71. The molecule has 2 rings (SSSR count). The molecule has 0 aliphatic carbocycles. The molecule has 0 saturated carbocycles. The highest BCUT2D eigenvalue weighted by atomic mass is 79.9. The van der Waals surface area contributed by atoms with Crippen LogP contribution in [0.25, 0.3) is 0 Å². The Hall–Kier alpha value is -1.58. The van der Waals surface area contributed by atoms with Crippen LogP contribution in [0, 0.1) is 0 Å². The molecule has 1 atom stereocenters. The third-order valence-corrected chi connectivity index (χ3v) is 3.28. The highest BCUT2D eigenvalue weighted by Crippen LogP contribution is 2.32. The first-order valence-electron chi connectivity index (χ1n) is 5.59. The number of rotatable bonds is 5. The van der Waals surface area contributed by atoms with E-state index < -0.39 is 12.7 Å². The smallest absolute Gasteiger partial charge is 0.387 e. The Morgan fingerprint density at radius 3 is 2.65 bits per heavy atom. The van der Waals surface area contributed by atoms with Gasteiger partial charge in [0.25, 0.3) is 0 Å². The third kappa shape index (κ3) is 2.94. The lowest BCUT2D eigenvalue weighted by Gasteiger charge is -2.19. The molecule has 0 fully saturated rings. The summed E-state index contributed by atoms with van der Waals surface area (Å²) in [6, 6.07) is 5.80. The average Bonchev–Trinajstić information content (AvgIpc) is 2.73. The maximum absolute atomic E-state index is 12.5. The molecular weight excluding hydrogens is 336 g/mol. The largest absolute Gasteiger partial charge is 0.434 e. The van der Waals surface area contributed by atoms with Gasteiger partial charge in [-0.15, -0.1) is 5.10 Å². The van der Waals surface area contributed by atoms with Gasteiger partial charge >= 0.3 is 6.61 Å². The van der Waals surface area contributed by atoms with Crippen molar-refractivity contribution in [1.82, 2.24) is 20.4 Å². The fraction of sp³-hybridized carbons (Fsp3) is 0.273. The van der Waals surface area contributed by atoms with Gasteiger partial charge in [-0.1, -0.05) is 23.4 Å². The lowest BCUT2D eigenvalue weighted by molar-refractivity contribution is -0.0506. The van der Waals surface area contributed by atoms with Crippen LogP contribution in [0.15, 0.2) is 28.9 Å². The van der Waals surface area contributed by atoms with Crippen molar-refractivity contribution >= 4 is 15.9 Å². The number of alkyl halides is 2. The summed E-state index contributed by atoms with van der Waals surface area (Å²) in [7, 11) is 1.67. The van der Waals surface area contributed by atoms with Crippen LogP contribution in [0.5, 0.6) is 5.75 Å². The van der Waals surface area contributed by atoms with Crippen molar-refractivity contribution in [3.05, 3.63) is 40.1 Å². The molecular formula is C11H12BrF2N5O. The Morgan fingerprint density at radius 1 is 1.40 bits per heavy atom. The molecule has 1 aromatic heterocycles. The molecule has 0 bridgehead atoms. The van der Waals surface area contributed by atoms with Crippen LogP contribution >= 0.6 is 15.9 Å². The van der Waals surface area contributed by atoms with E-state index in [0.717, 1.165) is 0 Å². The normalized spacial score (nSPS) is 12.7. The van der Waals surface area contributed by atoms with Crippen molar-refractivity contribution in [2.24, 2.45) is 12.9 Å². The summed E-state index contributed by atoms with van der Waals surface area (Å²) in [5.74, 6) is 5.59. The highest BCUT2D eigenvalue weighted by molar-refractivity contribution is 9.10. The Labute approximate surface area is 122 Å². The van der Waals surface area contributed by atoms with E-state index in [1.54, 1.807) is 25.2 Å². The average molecular weight is 348 g/mol. The van der Waals surface area contributed by atoms with Crippen LogP contribution < -0.4 is 16.0 Å². The number of halogens is 3. The van der Waals surface area contributed by atoms with Gasteiger partial charge in [-0.2, -0.15) is 8.78 Å². The number of para-hydroxylation sites is 1. The molecule has 0 amide bonds. The summed E-state index contributed by atoms with van der Waals surface area (Å²) in [5, 5.41) is 7.68. The predicted molar refractivity (Wildman–Crippen MR) is 70.9 cm³/mol. The van der Waals surface area contributed by atoms with E-state index in [1.807, 2.05) is 0 Å². The molecule has 3 N–H and O–H groups in total. The second kappa shape index (κ2) is 6.25. The number of nitrogens with two attached hydrogens (primary N) is 1. The topological polar surface area (TPSA) is 78.0 Å². The van der Waals surface area contributed by atoms with Gasteiger partial charge in [0.05, 0.1) is 11.7 Å². The summed E-state index contributed by atoms with van der Waals surface area (Å²) in [5.41, 5.74) is 3.62.